The number of aldehydes is 1. The molecule has 2 heteroatoms. The quantitative estimate of drug-likeness (QED) is 0.733. The maximum absolute atomic E-state index is 10.2. The van der Waals surface area contributed by atoms with Crippen LogP contribution in [0.15, 0.2) is 54.6 Å². The van der Waals surface area contributed by atoms with Crippen LogP contribution < -0.4 is 4.74 Å². The van der Waals surface area contributed by atoms with Crippen LogP contribution in [0.4, 0.5) is 0 Å². The maximum Gasteiger partial charge on any atom is 0.157 e. The molecule has 0 aliphatic carbocycles. The van der Waals surface area contributed by atoms with Gasteiger partial charge in [0.05, 0.1) is 0 Å². The Morgan fingerprint density at radius 3 is 2.18 bits per heavy atom. The third kappa shape index (κ3) is 3.45. The number of rotatable bonds is 5. The molecule has 2 nitrogen and oxygen atoms in total. The zero-order valence-corrected chi connectivity index (χ0v) is 9.50. The van der Waals surface area contributed by atoms with E-state index in [2.05, 4.69) is 12.1 Å². The lowest BCUT2D eigenvalue weighted by molar-refractivity contribution is -0.109. The summed E-state index contributed by atoms with van der Waals surface area (Å²) in [5.41, 5.74) is 2.52. The molecule has 2 aromatic carbocycles. The van der Waals surface area contributed by atoms with Crippen molar-refractivity contribution < 1.29 is 9.53 Å². The average Bonchev–Trinajstić information content (AvgIpc) is 2.39. The number of benzene rings is 2. The van der Waals surface area contributed by atoms with Crippen LogP contribution in [0, 0.1) is 0 Å². The number of hydrogen-bond acceptors (Lipinski definition) is 2. The Kier molecular flexibility index (Phi) is 3.92. The number of ether oxygens (including phenoxy) is 1. The molecule has 0 heterocycles. The fourth-order valence-electron chi connectivity index (χ4n) is 1.67. The molecule has 0 aliphatic rings. The van der Waals surface area contributed by atoms with Crippen LogP contribution in [-0.4, -0.2) is 12.9 Å². The zero-order valence-electron chi connectivity index (χ0n) is 9.50. The fourth-order valence-corrected chi connectivity index (χ4v) is 1.67. The summed E-state index contributed by atoms with van der Waals surface area (Å²) in [4.78, 5) is 10.2. The van der Waals surface area contributed by atoms with Crippen molar-refractivity contribution >= 4 is 6.29 Å². The first-order chi connectivity index (χ1) is 8.38. The number of carbonyl (C=O) groups is 1. The zero-order chi connectivity index (χ0) is 11.9. The van der Waals surface area contributed by atoms with E-state index in [0.717, 1.165) is 18.5 Å². The first kappa shape index (κ1) is 11.4. The molecule has 0 amide bonds. The number of carbonyl (C=O) groups excluding carboxylic acids is 1. The molecule has 0 bridgehead atoms. The van der Waals surface area contributed by atoms with Crippen molar-refractivity contribution in [2.24, 2.45) is 0 Å². The van der Waals surface area contributed by atoms with Crippen LogP contribution in [0.25, 0.3) is 0 Å². The summed E-state index contributed by atoms with van der Waals surface area (Å²) in [7, 11) is 0. The van der Waals surface area contributed by atoms with Gasteiger partial charge in [0.15, 0.2) is 6.29 Å². The molecule has 0 aromatic heterocycles. The minimum absolute atomic E-state index is 0.109. The third-order valence-electron chi connectivity index (χ3n) is 2.49. The maximum atomic E-state index is 10.2. The second-order valence-electron chi connectivity index (χ2n) is 3.78. The lowest BCUT2D eigenvalue weighted by Gasteiger charge is -2.04. The van der Waals surface area contributed by atoms with Gasteiger partial charge in [-0.25, -0.2) is 0 Å². The second kappa shape index (κ2) is 5.85. The minimum atomic E-state index is 0.109. The van der Waals surface area contributed by atoms with E-state index in [1.807, 2.05) is 42.5 Å². The monoisotopic (exact) mass is 226 g/mol. The molecule has 0 N–H and O–H groups in total. The highest BCUT2D eigenvalue weighted by Gasteiger charge is 1.97. The summed E-state index contributed by atoms with van der Waals surface area (Å²) >= 11 is 0. The molecular weight excluding hydrogens is 212 g/mol. The molecule has 86 valence electrons. The van der Waals surface area contributed by atoms with Crippen molar-refractivity contribution in [3.05, 3.63) is 65.7 Å². The molecule has 0 saturated heterocycles. The molecule has 0 aliphatic heterocycles. The van der Waals surface area contributed by atoms with Gasteiger partial charge in [0, 0.05) is 0 Å². The summed E-state index contributed by atoms with van der Waals surface area (Å²) in [6.07, 6.45) is 1.66. The fraction of sp³-hybridized carbons (Fsp3) is 0.133. The van der Waals surface area contributed by atoms with Gasteiger partial charge in [-0.15, -0.1) is 0 Å². The van der Waals surface area contributed by atoms with E-state index in [0.29, 0.717) is 0 Å². The predicted octanol–water partition coefficient (Wildman–Crippen LogP) is 2.86. The highest BCUT2D eigenvalue weighted by atomic mass is 16.5. The van der Waals surface area contributed by atoms with Crippen LogP contribution in [0.3, 0.4) is 0 Å². The van der Waals surface area contributed by atoms with E-state index in [4.69, 9.17) is 4.74 Å². The molecule has 0 fully saturated rings. The van der Waals surface area contributed by atoms with Gasteiger partial charge < -0.3 is 4.74 Å². The highest BCUT2D eigenvalue weighted by molar-refractivity contribution is 5.51. The molecule has 0 saturated carbocycles. The standard InChI is InChI=1S/C15H14O2/c16-10-11-17-15-8-6-14(7-9-15)12-13-4-2-1-3-5-13/h1-10H,11-12H2. The summed E-state index contributed by atoms with van der Waals surface area (Å²) in [6, 6.07) is 18.1. The smallest absolute Gasteiger partial charge is 0.157 e. The first-order valence-electron chi connectivity index (χ1n) is 5.58. The summed E-state index contributed by atoms with van der Waals surface area (Å²) in [6.45, 7) is 0.109. The van der Waals surface area contributed by atoms with Crippen LogP contribution in [0.2, 0.25) is 0 Å². The SMILES string of the molecule is O=CCOc1ccc(Cc2ccccc2)cc1. The minimum Gasteiger partial charge on any atom is -0.486 e. The van der Waals surface area contributed by atoms with Gasteiger partial charge in [0.1, 0.15) is 12.4 Å². The van der Waals surface area contributed by atoms with Crippen molar-refractivity contribution in [1.82, 2.24) is 0 Å². The molecule has 0 spiro atoms. The van der Waals surface area contributed by atoms with Crippen LogP contribution in [0.5, 0.6) is 5.75 Å². The highest BCUT2D eigenvalue weighted by Crippen LogP contribution is 2.14. The van der Waals surface area contributed by atoms with Crippen LogP contribution >= 0.6 is 0 Å². The van der Waals surface area contributed by atoms with Crippen molar-refractivity contribution in [3.63, 3.8) is 0 Å². The summed E-state index contributed by atoms with van der Waals surface area (Å²) in [5, 5.41) is 0. The Morgan fingerprint density at radius 1 is 0.882 bits per heavy atom. The number of hydrogen-bond donors (Lipinski definition) is 0. The Balaban J connectivity index is 2.01. The van der Waals surface area contributed by atoms with Gasteiger partial charge in [0.25, 0.3) is 0 Å². The molecular formula is C15H14O2. The summed E-state index contributed by atoms with van der Waals surface area (Å²) in [5.74, 6) is 0.730. The van der Waals surface area contributed by atoms with Gasteiger partial charge >= 0.3 is 0 Å². The van der Waals surface area contributed by atoms with Gasteiger partial charge in [-0.3, -0.25) is 4.79 Å². The van der Waals surface area contributed by atoms with Crippen molar-refractivity contribution in [1.29, 1.82) is 0 Å². The lowest BCUT2D eigenvalue weighted by Crippen LogP contribution is -1.97. The van der Waals surface area contributed by atoms with Crippen molar-refractivity contribution in [3.8, 4) is 5.75 Å². The van der Waals surface area contributed by atoms with E-state index in [1.54, 1.807) is 0 Å². The summed E-state index contributed by atoms with van der Waals surface area (Å²) < 4.78 is 5.19. The molecule has 2 rings (SSSR count). The normalized spacial score (nSPS) is 9.88. The Hall–Kier alpha value is -2.09. The lowest BCUT2D eigenvalue weighted by atomic mass is 10.1. The van der Waals surface area contributed by atoms with Gasteiger partial charge in [-0.05, 0) is 29.7 Å². The first-order valence-corrected chi connectivity index (χ1v) is 5.58. The van der Waals surface area contributed by atoms with Crippen LogP contribution in [-0.2, 0) is 11.2 Å². The Labute approximate surface area is 101 Å². The van der Waals surface area contributed by atoms with Gasteiger partial charge in [-0.2, -0.15) is 0 Å². The molecule has 17 heavy (non-hydrogen) atoms. The molecule has 0 radical (unpaired) electrons. The van der Waals surface area contributed by atoms with E-state index < -0.39 is 0 Å². The molecule has 2 aromatic rings. The topological polar surface area (TPSA) is 26.3 Å². The Bertz CT molecular complexity index is 460. The van der Waals surface area contributed by atoms with E-state index in [-0.39, 0.29) is 6.61 Å². The molecule has 0 atom stereocenters. The second-order valence-corrected chi connectivity index (χ2v) is 3.78. The van der Waals surface area contributed by atoms with E-state index in [1.165, 1.54) is 11.1 Å². The van der Waals surface area contributed by atoms with Gasteiger partial charge in [-0.1, -0.05) is 42.5 Å². The average molecular weight is 226 g/mol. The third-order valence-corrected chi connectivity index (χ3v) is 2.49. The van der Waals surface area contributed by atoms with Gasteiger partial charge in [0.2, 0.25) is 0 Å². The van der Waals surface area contributed by atoms with Crippen LogP contribution in [0.1, 0.15) is 11.1 Å². The van der Waals surface area contributed by atoms with E-state index >= 15 is 0 Å². The largest absolute Gasteiger partial charge is 0.486 e. The molecule has 0 unspecified atom stereocenters. The van der Waals surface area contributed by atoms with E-state index in [9.17, 15) is 4.79 Å². The Morgan fingerprint density at radius 2 is 1.53 bits per heavy atom. The van der Waals surface area contributed by atoms with Crippen molar-refractivity contribution in [2.45, 2.75) is 6.42 Å². The predicted molar refractivity (Wildman–Crippen MR) is 67.2 cm³/mol. The van der Waals surface area contributed by atoms with Crippen molar-refractivity contribution in [2.75, 3.05) is 6.61 Å².